The molecule has 4 saturated carbocycles. The Morgan fingerprint density at radius 1 is 1.26 bits per heavy atom. The summed E-state index contributed by atoms with van der Waals surface area (Å²) in [6.45, 7) is 2.59. The van der Waals surface area contributed by atoms with Crippen molar-refractivity contribution in [3.63, 3.8) is 0 Å². The van der Waals surface area contributed by atoms with E-state index in [1.165, 1.54) is 49.6 Å². The summed E-state index contributed by atoms with van der Waals surface area (Å²) in [6.07, 6.45) is 8.24. The van der Waals surface area contributed by atoms with Gasteiger partial charge in [-0.15, -0.1) is 0 Å². The third kappa shape index (κ3) is 1.80. The third-order valence-electron chi connectivity index (χ3n) is 7.81. The van der Waals surface area contributed by atoms with E-state index < -0.39 is 0 Å². The Balaban J connectivity index is 1.49. The summed E-state index contributed by atoms with van der Waals surface area (Å²) in [5.41, 5.74) is 3.40. The van der Waals surface area contributed by atoms with Gasteiger partial charge in [-0.3, -0.25) is 4.79 Å². The van der Waals surface area contributed by atoms with E-state index >= 15 is 0 Å². The zero-order valence-corrected chi connectivity index (χ0v) is 14.3. The van der Waals surface area contributed by atoms with Gasteiger partial charge in [0.1, 0.15) is 7.85 Å². The number of rotatable bonds is 3. The van der Waals surface area contributed by atoms with Gasteiger partial charge in [0.2, 0.25) is 5.91 Å². The molecular formula is C20H26BNO. The topological polar surface area (TPSA) is 20.3 Å². The van der Waals surface area contributed by atoms with Crippen LogP contribution in [-0.4, -0.2) is 24.2 Å². The zero-order valence-electron chi connectivity index (χ0n) is 14.3. The number of nitrogens with zero attached hydrogens (tertiary/aromatic N) is 1. The highest BCUT2D eigenvalue weighted by molar-refractivity contribution is 6.32. The molecule has 2 nitrogen and oxygen atoms in total. The van der Waals surface area contributed by atoms with Gasteiger partial charge in [0.25, 0.3) is 0 Å². The Kier molecular flexibility index (Phi) is 2.72. The lowest BCUT2D eigenvalue weighted by atomic mass is 9.56. The number of carbonyl (C=O) groups is 1. The fourth-order valence-electron chi connectivity index (χ4n) is 7.23. The van der Waals surface area contributed by atoms with Crippen molar-refractivity contribution in [3.8, 4) is 0 Å². The van der Waals surface area contributed by atoms with E-state index in [-0.39, 0.29) is 11.4 Å². The summed E-state index contributed by atoms with van der Waals surface area (Å²) in [5.74, 6) is 3.08. The molecule has 4 aliphatic carbocycles. The van der Waals surface area contributed by atoms with Crippen LogP contribution in [0.2, 0.25) is 0 Å². The summed E-state index contributed by atoms with van der Waals surface area (Å²) in [7, 11) is 2.14. The summed E-state index contributed by atoms with van der Waals surface area (Å²) in [5, 5.41) is 0. The highest BCUT2D eigenvalue weighted by Crippen LogP contribution is 2.77. The van der Waals surface area contributed by atoms with E-state index in [0.717, 1.165) is 24.3 Å². The lowest BCUT2D eigenvalue weighted by Crippen LogP contribution is -2.51. The average molecular weight is 307 g/mol. The second kappa shape index (κ2) is 4.43. The quantitative estimate of drug-likeness (QED) is 0.785. The molecule has 0 aromatic heterocycles. The summed E-state index contributed by atoms with van der Waals surface area (Å²) in [4.78, 5) is 14.9. The monoisotopic (exact) mass is 307 g/mol. The summed E-state index contributed by atoms with van der Waals surface area (Å²) < 4.78 is 0. The van der Waals surface area contributed by atoms with Crippen LogP contribution in [0, 0.1) is 23.2 Å². The highest BCUT2D eigenvalue weighted by atomic mass is 16.2. The molecule has 1 amide bonds. The van der Waals surface area contributed by atoms with Gasteiger partial charge in [-0.05, 0) is 67.3 Å². The number of hydrogen-bond acceptors (Lipinski definition) is 1. The van der Waals surface area contributed by atoms with E-state index in [1.807, 2.05) is 0 Å². The second-order valence-electron chi connectivity index (χ2n) is 9.07. The first-order valence-corrected chi connectivity index (χ1v) is 9.35. The Labute approximate surface area is 140 Å². The molecule has 5 rings (SSSR count). The lowest BCUT2D eigenvalue weighted by molar-refractivity contribution is -0.138. The van der Waals surface area contributed by atoms with Crippen LogP contribution in [0.4, 0.5) is 0 Å². The molecule has 4 aliphatic rings. The van der Waals surface area contributed by atoms with E-state index in [2.05, 4.69) is 37.0 Å². The van der Waals surface area contributed by atoms with Crippen LogP contribution in [0.5, 0.6) is 0 Å². The molecule has 1 aromatic carbocycles. The van der Waals surface area contributed by atoms with Crippen LogP contribution < -0.4 is 5.46 Å². The molecule has 0 aliphatic heterocycles. The second-order valence-corrected chi connectivity index (χ2v) is 9.07. The van der Waals surface area contributed by atoms with Crippen LogP contribution in [-0.2, 0) is 11.3 Å². The van der Waals surface area contributed by atoms with Gasteiger partial charge >= 0.3 is 0 Å². The maximum Gasteiger partial charge on any atom is 0.220 e. The molecule has 0 heterocycles. The minimum Gasteiger partial charge on any atom is -0.333 e. The molecular weight excluding hydrogens is 281 g/mol. The van der Waals surface area contributed by atoms with Gasteiger partial charge in [0, 0.05) is 19.0 Å². The smallest absolute Gasteiger partial charge is 0.220 e. The van der Waals surface area contributed by atoms with Crippen LogP contribution in [0.3, 0.4) is 0 Å². The van der Waals surface area contributed by atoms with Gasteiger partial charge in [-0.2, -0.15) is 0 Å². The molecule has 5 unspecified atom stereocenters. The standard InChI is InChI=1S/C20H26BNO/c1-13(23)22(11-14-3-2-4-18(21)6-14)19-8-15-5-16-7-17(10-19)20(16,9-15)12-19/h2-4,6,15-17H,5,7-12,21H2,1H3. The molecule has 3 heteroatoms. The van der Waals surface area contributed by atoms with Crippen molar-refractivity contribution in [2.75, 3.05) is 0 Å². The number of amides is 1. The number of hydrogen-bond donors (Lipinski definition) is 0. The molecule has 3 bridgehead atoms. The third-order valence-corrected chi connectivity index (χ3v) is 7.81. The average Bonchev–Trinajstić information content (AvgIpc) is 2.80. The molecule has 4 fully saturated rings. The predicted molar refractivity (Wildman–Crippen MR) is 94.2 cm³/mol. The molecule has 5 atom stereocenters. The molecule has 0 radical (unpaired) electrons. The van der Waals surface area contributed by atoms with E-state index in [4.69, 9.17) is 0 Å². The van der Waals surface area contributed by atoms with Crippen LogP contribution in [0.15, 0.2) is 24.3 Å². The molecule has 0 N–H and O–H groups in total. The first kappa shape index (κ1) is 14.1. The highest BCUT2D eigenvalue weighted by Gasteiger charge is 2.72. The van der Waals surface area contributed by atoms with E-state index in [9.17, 15) is 4.79 Å². The summed E-state index contributed by atoms with van der Waals surface area (Å²) in [6, 6.07) is 8.69. The fraction of sp³-hybridized carbons (Fsp3) is 0.650. The Bertz CT molecular complexity index is 684. The molecule has 23 heavy (non-hydrogen) atoms. The van der Waals surface area contributed by atoms with Crippen molar-refractivity contribution in [2.24, 2.45) is 23.2 Å². The molecule has 0 saturated heterocycles. The van der Waals surface area contributed by atoms with Crippen molar-refractivity contribution < 1.29 is 4.79 Å². The van der Waals surface area contributed by atoms with Crippen LogP contribution >= 0.6 is 0 Å². The van der Waals surface area contributed by atoms with Crippen LogP contribution in [0.25, 0.3) is 0 Å². The maximum absolute atomic E-state index is 12.6. The van der Waals surface area contributed by atoms with Crippen molar-refractivity contribution in [2.45, 2.75) is 57.5 Å². The van der Waals surface area contributed by atoms with Crippen molar-refractivity contribution in [1.29, 1.82) is 0 Å². The van der Waals surface area contributed by atoms with Crippen molar-refractivity contribution in [1.82, 2.24) is 4.90 Å². The number of fused-ring (bicyclic) bond motifs is 2. The number of benzene rings is 1. The van der Waals surface area contributed by atoms with Gasteiger partial charge in [0.15, 0.2) is 0 Å². The predicted octanol–water partition coefficient (Wildman–Crippen LogP) is 2.26. The Morgan fingerprint density at radius 3 is 2.91 bits per heavy atom. The fourth-order valence-corrected chi connectivity index (χ4v) is 7.23. The SMILES string of the molecule is Bc1cccc(CN(C(C)=O)C23CC4CC5CC(C2)C5(C4)C3)c1. The minimum atomic E-state index is 0.175. The molecule has 120 valence electrons. The van der Waals surface area contributed by atoms with Gasteiger partial charge < -0.3 is 4.90 Å². The van der Waals surface area contributed by atoms with Gasteiger partial charge in [-0.1, -0.05) is 29.7 Å². The molecule has 1 spiro atoms. The Hall–Kier alpha value is -1.25. The maximum atomic E-state index is 12.6. The van der Waals surface area contributed by atoms with Gasteiger partial charge in [0.05, 0.1) is 0 Å². The number of carbonyl (C=O) groups excluding carboxylic acids is 1. The summed E-state index contributed by atoms with van der Waals surface area (Å²) >= 11 is 0. The normalized spacial score (nSPS) is 42.4. The minimum absolute atomic E-state index is 0.175. The van der Waals surface area contributed by atoms with Gasteiger partial charge in [-0.25, -0.2) is 0 Å². The largest absolute Gasteiger partial charge is 0.333 e. The van der Waals surface area contributed by atoms with Crippen LogP contribution in [0.1, 0.15) is 51.0 Å². The lowest BCUT2D eigenvalue weighted by Gasteiger charge is -2.50. The Morgan fingerprint density at radius 2 is 2.13 bits per heavy atom. The first-order chi connectivity index (χ1) is 11.0. The van der Waals surface area contributed by atoms with E-state index in [0.29, 0.717) is 5.41 Å². The van der Waals surface area contributed by atoms with E-state index in [1.54, 1.807) is 6.92 Å². The molecule has 1 aromatic rings. The van der Waals surface area contributed by atoms with Crippen molar-refractivity contribution >= 4 is 19.2 Å². The van der Waals surface area contributed by atoms with Crippen molar-refractivity contribution in [3.05, 3.63) is 29.8 Å². The zero-order chi connectivity index (χ0) is 15.8. The first-order valence-electron chi connectivity index (χ1n) is 9.35.